The summed E-state index contributed by atoms with van der Waals surface area (Å²) < 4.78 is 38.3. The van der Waals surface area contributed by atoms with E-state index in [0.717, 1.165) is 37.8 Å². The SMILES string of the molecule is O=Nc1ccc(NC2C[CH]CCC2)cc1C(F)(F)F. The number of hydrogen-bond acceptors (Lipinski definition) is 3. The Kier molecular flexibility index (Phi) is 4.07. The smallest absolute Gasteiger partial charge is 0.382 e. The van der Waals surface area contributed by atoms with Crippen LogP contribution in [0.1, 0.15) is 31.2 Å². The first-order valence-electron chi connectivity index (χ1n) is 6.13. The van der Waals surface area contributed by atoms with E-state index in [1.54, 1.807) is 0 Å². The molecule has 0 aliphatic heterocycles. The van der Waals surface area contributed by atoms with Crippen molar-refractivity contribution in [3.05, 3.63) is 35.1 Å². The minimum absolute atomic E-state index is 0.157. The van der Waals surface area contributed by atoms with Crippen LogP contribution in [-0.2, 0) is 6.18 Å². The first kappa shape index (κ1) is 13.8. The van der Waals surface area contributed by atoms with Crippen LogP contribution >= 0.6 is 0 Å². The van der Waals surface area contributed by atoms with Crippen LogP contribution in [0, 0.1) is 11.3 Å². The second-order valence-electron chi connectivity index (χ2n) is 4.62. The number of benzene rings is 1. The molecule has 1 atom stereocenters. The molecule has 1 fully saturated rings. The largest absolute Gasteiger partial charge is 0.418 e. The van der Waals surface area contributed by atoms with Gasteiger partial charge in [-0.2, -0.15) is 13.2 Å². The predicted molar refractivity (Wildman–Crippen MR) is 67.1 cm³/mol. The first-order valence-corrected chi connectivity index (χ1v) is 6.13. The number of halogens is 3. The summed E-state index contributed by atoms with van der Waals surface area (Å²) in [5.74, 6) is 0. The Bertz CT molecular complexity index is 454. The highest BCUT2D eigenvalue weighted by Gasteiger charge is 2.34. The van der Waals surface area contributed by atoms with E-state index in [4.69, 9.17) is 0 Å². The monoisotopic (exact) mass is 271 g/mol. The van der Waals surface area contributed by atoms with Gasteiger partial charge in [-0.25, -0.2) is 0 Å². The molecule has 1 aromatic carbocycles. The van der Waals surface area contributed by atoms with Crippen molar-refractivity contribution < 1.29 is 13.2 Å². The number of anilines is 1. The van der Waals surface area contributed by atoms with Gasteiger partial charge in [0.05, 0.1) is 5.56 Å². The van der Waals surface area contributed by atoms with Crippen LogP contribution in [0.25, 0.3) is 0 Å². The third-order valence-electron chi connectivity index (χ3n) is 3.18. The molecule has 0 heterocycles. The van der Waals surface area contributed by atoms with Crippen LogP contribution in [0.5, 0.6) is 0 Å². The maximum Gasteiger partial charge on any atom is 0.418 e. The Balaban J connectivity index is 2.20. The quantitative estimate of drug-likeness (QED) is 0.812. The molecule has 0 aromatic heterocycles. The zero-order valence-corrected chi connectivity index (χ0v) is 10.2. The highest BCUT2D eigenvalue weighted by Crippen LogP contribution is 2.38. The molecule has 1 N–H and O–H groups in total. The van der Waals surface area contributed by atoms with E-state index in [2.05, 4.69) is 16.9 Å². The fourth-order valence-electron chi connectivity index (χ4n) is 2.24. The van der Waals surface area contributed by atoms with Crippen molar-refractivity contribution >= 4 is 11.4 Å². The van der Waals surface area contributed by atoms with Crippen molar-refractivity contribution in [3.63, 3.8) is 0 Å². The Morgan fingerprint density at radius 3 is 2.68 bits per heavy atom. The third-order valence-corrected chi connectivity index (χ3v) is 3.18. The minimum Gasteiger partial charge on any atom is -0.382 e. The number of alkyl halides is 3. The van der Waals surface area contributed by atoms with Gasteiger partial charge in [0.15, 0.2) is 0 Å². The standard InChI is InChI=1S/C13H14F3N2O/c14-13(15,16)11-8-10(6-7-12(11)18-19)17-9-4-2-1-3-5-9/h2,6-9,17H,1,3-5H2. The van der Waals surface area contributed by atoms with Gasteiger partial charge in [-0.3, -0.25) is 0 Å². The van der Waals surface area contributed by atoms with Crippen LogP contribution < -0.4 is 5.32 Å². The van der Waals surface area contributed by atoms with Crippen LogP contribution in [0.3, 0.4) is 0 Å². The molecule has 0 bridgehead atoms. The van der Waals surface area contributed by atoms with Gasteiger partial charge in [0.25, 0.3) is 0 Å². The summed E-state index contributed by atoms with van der Waals surface area (Å²) >= 11 is 0. The zero-order valence-electron chi connectivity index (χ0n) is 10.2. The Hall–Kier alpha value is -1.59. The Morgan fingerprint density at radius 2 is 2.11 bits per heavy atom. The van der Waals surface area contributed by atoms with Crippen molar-refractivity contribution in [2.24, 2.45) is 5.18 Å². The van der Waals surface area contributed by atoms with E-state index in [0.29, 0.717) is 5.69 Å². The average Bonchev–Trinajstić information content (AvgIpc) is 2.39. The summed E-state index contributed by atoms with van der Waals surface area (Å²) in [7, 11) is 0. The van der Waals surface area contributed by atoms with Gasteiger partial charge in [0.1, 0.15) is 5.69 Å². The highest BCUT2D eigenvalue weighted by atomic mass is 19.4. The van der Waals surface area contributed by atoms with Gasteiger partial charge >= 0.3 is 6.18 Å². The molecule has 1 unspecified atom stereocenters. The molecule has 3 nitrogen and oxygen atoms in total. The molecule has 1 aromatic rings. The first-order chi connectivity index (χ1) is 9.00. The van der Waals surface area contributed by atoms with E-state index in [9.17, 15) is 18.1 Å². The summed E-state index contributed by atoms with van der Waals surface area (Å²) in [4.78, 5) is 10.4. The van der Waals surface area contributed by atoms with E-state index in [1.165, 1.54) is 6.07 Å². The molecular formula is C13H14F3N2O. The lowest BCUT2D eigenvalue weighted by Crippen LogP contribution is -2.22. The lowest BCUT2D eigenvalue weighted by atomic mass is 9.95. The van der Waals surface area contributed by atoms with E-state index in [1.807, 2.05) is 0 Å². The summed E-state index contributed by atoms with van der Waals surface area (Å²) in [6.07, 6.45) is 1.44. The van der Waals surface area contributed by atoms with Gasteiger partial charge in [-0.15, -0.1) is 4.91 Å². The summed E-state index contributed by atoms with van der Waals surface area (Å²) in [6.45, 7) is 0. The number of nitrogens with one attached hydrogen (secondary N) is 1. The lowest BCUT2D eigenvalue weighted by Gasteiger charge is -2.24. The topological polar surface area (TPSA) is 41.5 Å². The molecular weight excluding hydrogens is 257 g/mol. The van der Waals surface area contributed by atoms with Gasteiger partial charge in [-0.05, 0) is 42.6 Å². The van der Waals surface area contributed by atoms with Crippen molar-refractivity contribution in [2.45, 2.75) is 37.9 Å². The lowest BCUT2D eigenvalue weighted by molar-refractivity contribution is -0.137. The maximum absolute atomic E-state index is 12.8. The van der Waals surface area contributed by atoms with Crippen LogP contribution in [0.4, 0.5) is 24.5 Å². The zero-order chi connectivity index (χ0) is 13.9. The Morgan fingerprint density at radius 1 is 1.32 bits per heavy atom. The van der Waals surface area contributed by atoms with Gasteiger partial charge in [0.2, 0.25) is 0 Å². The average molecular weight is 271 g/mol. The molecule has 6 heteroatoms. The summed E-state index contributed by atoms with van der Waals surface area (Å²) in [5, 5.41) is 5.49. The van der Waals surface area contributed by atoms with Crippen molar-refractivity contribution in [1.29, 1.82) is 0 Å². The molecule has 103 valence electrons. The third kappa shape index (κ3) is 3.45. The number of nitrogens with zero attached hydrogens (tertiary/aromatic N) is 1. The second kappa shape index (κ2) is 5.59. The van der Waals surface area contributed by atoms with Crippen LogP contribution in [-0.4, -0.2) is 6.04 Å². The number of nitroso groups, excluding NO2 is 1. The predicted octanol–water partition coefficient (Wildman–Crippen LogP) is 4.66. The molecule has 1 saturated carbocycles. The molecule has 0 amide bonds. The van der Waals surface area contributed by atoms with Crippen LogP contribution in [0.2, 0.25) is 0 Å². The molecule has 2 rings (SSSR count). The minimum atomic E-state index is -4.57. The second-order valence-corrected chi connectivity index (χ2v) is 4.62. The Labute approximate surface area is 109 Å². The van der Waals surface area contributed by atoms with E-state index >= 15 is 0 Å². The van der Waals surface area contributed by atoms with Gasteiger partial charge in [0, 0.05) is 11.7 Å². The number of rotatable bonds is 3. The summed E-state index contributed by atoms with van der Waals surface area (Å²) in [6, 6.07) is 3.67. The molecule has 1 aliphatic carbocycles. The summed E-state index contributed by atoms with van der Waals surface area (Å²) in [5.41, 5.74) is -1.19. The van der Waals surface area contributed by atoms with Crippen LogP contribution in [0.15, 0.2) is 23.4 Å². The fourth-order valence-corrected chi connectivity index (χ4v) is 2.24. The van der Waals surface area contributed by atoms with Crippen molar-refractivity contribution in [2.75, 3.05) is 5.32 Å². The highest BCUT2D eigenvalue weighted by molar-refractivity contribution is 5.58. The molecule has 1 aliphatic rings. The fraction of sp³-hybridized carbons (Fsp3) is 0.462. The molecule has 0 saturated heterocycles. The molecule has 19 heavy (non-hydrogen) atoms. The molecule has 0 spiro atoms. The van der Waals surface area contributed by atoms with E-state index < -0.39 is 17.4 Å². The maximum atomic E-state index is 12.8. The van der Waals surface area contributed by atoms with Gasteiger partial charge < -0.3 is 5.32 Å². The molecule has 1 radical (unpaired) electrons. The number of hydrogen-bond donors (Lipinski definition) is 1. The van der Waals surface area contributed by atoms with E-state index in [-0.39, 0.29) is 6.04 Å². The normalized spacial score (nSPS) is 17.2. The van der Waals surface area contributed by atoms with Gasteiger partial charge in [-0.1, -0.05) is 12.8 Å². The van der Waals surface area contributed by atoms with Crippen molar-refractivity contribution in [3.8, 4) is 0 Å². The van der Waals surface area contributed by atoms with Crippen molar-refractivity contribution in [1.82, 2.24) is 0 Å².